The Balaban J connectivity index is 1.73. The number of benzene rings is 2. The van der Waals surface area contributed by atoms with Crippen LogP contribution in [-0.4, -0.2) is 36.8 Å². The highest BCUT2D eigenvalue weighted by Crippen LogP contribution is 2.36. The van der Waals surface area contributed by atoms with Crippen LogP contribution in [0.5, 0.6) is 0 Å². The highest BCUT2D eigenvalue weighted by Gasteiger charge is 2.28. The van der Waals surface area contributed by atoms with Gasteiger partial charge in [-0.3, -0.25) is 9.59 Å². The quantitative estimate of drug-likeness (QED) is 0.191. The number of carboxylic acids is 1. The second-order valence-corrected chi connectivity index (χ2v) is 11.2. The van der Waals surface area contributed by atoms with Gasteiger partial charge in [-0.05, 0) is 69.7 Å². The molecule has 2 aromatic carbocycles. The third-order valence-corrected chi connectivity index (χ3v) is 6.96. The van der Waals surface area contributed by atoms with Gasteiger partial charge in [0.2, 0.25) is 0 Å². The van der Waals surface area contributed by atoms with Crippen LogP contribution in [0.3, 0.4) is 0 Å². The average Bonchev–Trinajstić information content (AvgIpc) is 3.17. The third kappa shape index (κ3) is 5.45. The van der Waals surface area contributed by atoms with Crippen LogP contribution < -0.4 is 5.56 Å². The van der Waals surface area contributed by atoms with Gasteiger partial charge in [-0.2, -0.15) is 0 Å². The Hall–Kier alpha value is -4.50. The van der Waals surface area contributed by atoms with E-state index in [1.807, 2.05) is 30.3 Å². The molecule has 0 amide bonds. The molecule has 0 bridgehead atoms. The van der Waals surface area contributed by atoms with E-state index in [4.69, 9.17) is 16.3 Å². The monoisotopic (exact) mass is 575 g/mol. The topological polar surface area (TPSA) is 103 Å². The van der Waals surface area contributed by atoms with Crippen molar-refractivity contribution in [3.63, 3.8) is 0 Å². The molecule has 8 nitrogen and oxygen atoms in total. The van der Waals surface area contributed by atoms with Gasteiger partial charge in [0, 0.05) is 28.1 Å². The highest BCUT2D eigenvalue weighted by molar-refractivity contribution is 6.30. The zero-order valence-corrected chi connectivity index (χ0v) is 23.6. The SMILES string of the molecule is Cc1cc2c(-c3cccn(CC(=O)OC(C)(C)C)c3=O)c(C(=O)O)n(Cc3cc4ccccc4nc3Cl)c2cc1F. The number of carbonyl (C=O) groups is 2. The Morgan fingerprint density at radius 2 is 1.83 bits per heavy atom. The van der Waals surface area contributed by atoms with E-state index in [2.05, 4.69) is 4.98 Å². The molecule has 0 unspecified atom stereocenters. The molecule has 0 saturated heterocycles. The molecule has 210 valence electrons. The van der Waals surface area contributed by atoms with Crippen LogP contribution in [0.1, 0.15) is 42.4 Å². The molecule has 0 fully saturated rings. The van der Waals surface area contributed by atoms with Crippen molar-refractivity contribution >= 4 is 45.3 Å². The number of aromatic carboxylic acids is 1. The summed E-state index contributed by atoms with van der Waals surface area (Å²) in [5.74, 6) is -2.46. The summed E-state index contributed by atoms with van der Waals surface area (Å²) in [5, 5.41) is 11.8. The molecule has 0 aliphatic rings. The Bertz CT molecular complexity index is 1920. The molecule has 3 aromatic heterocycles. The summed E-state index contributed by atoms with van der Waals surface area (Å²) in [6.07, 6.45) is 1.43. The maximum Gasteiger partial charge on any atom is 0.353 e. The van der Waals surface area contributed by atoms with E-state index >= 15 is 0 Å². The first kappa shape index (κ1) is 28.0. The van der Waals surface area contributed by atoms with Crippen molar-refractivity contribution in [2.75, 3.05) is 0 Å². The number of hydrogen-bond donors (Lipinski definition) is 1. The number of aromatic nitrogens is 3. The van der Waals surface area contributed by atoms with Gasteiger partial charge in [0.05, 0.1) is 23.1 Å². The summed E-state index contributed by atoms with van der Waals surface area (Å²) < 4.78 is 22.9. The van der Waals surface area contributed by atoms with Gasteiger partial charge in [-0.1, -0.05) is 29.8 Å². The maximum absolute atomic E-state index is 14.9. The van der Waals surface area contributed by atoms with Gasteiger partial charge in [-0.15, -0.1) is 0 Å². The molecule has 0 spiro atoms. The minimum Gasteiger partial charge on any atom is -0.477 e. The number of rotatable bonds is 6. The van der Waals surface area contributed by atoms with Gasteiger partial charge < -0.3 is 19.0 Å². The Morgan fingerprint density at radius 1 is 1.10 bits per heavy atom. The molecule has 41 heavy (non-hydrogen) atoms. The van der Waals surface area contributed by atoms with Gasteiger partial charge in [0.1, 0.15) is 28.8 Å². The number of carboxylic acid groups (broad SMARTS) is 1. The van der Waals surface area contributed by atoms with Crippen molar-refractivity contribution in [1.29, 1.82) is 0 Å². The first-order valence-corrected chi connectivity index (χ1v) is 13.2. The first-order chi connectivity index (χ1) is 19.3. The number of halogens is 2. The molecule has 0 radical (unpaired) electrons. The Kier molecular flexibility index (Phi) is 7.17. The van der Waals surface area contributed by atoms with E-state index in [1.54, 1.807) is 33.8 Å². The lowest BCUT2D eigenvalue weighted by Gasteiger charge is -2.20. The predicted molar refractivity (Wildman–Crippen MR) is 155 cm³/mol. The third-order valence-electron chi connectivity index (χ3n) is 6.63. The zero-order chi connectivity index (χ0) is 29.6. The zero-order valence-electron chi connectivity index (χ0n) is 22.9. The molecule has 10 heteroatoms. The normalized spacial score (nSPS) is 11.8. The van der Waals surface area contributed by atoms with Crippen molar-refractivity contribution in [3.8, 4) is 11.1 Å². The number of fused-ring (bicyclic) bond motifs is 2. The molecule has 0 atom stereocenters. The molecule has 1 N–H and O–H groups in total. The van der Waals surface area contributed by atoms with Gasteiger partial charge in [0.25, 0.3) is 5.56 Å². The number of carbonyl (C=O) groups excluding carboxylic acids is 1. The summed E-state index contributed by atoms with van der Waals surface area (Å²) in [5.41, 5.74) is 0.350. The minimum absolute atomic E-state index is 0.0454. The molecule has 5 rings (SSSR count). The summed E-state index contributed by atoms with van der Waals surface area (Å²) in [6.45, 7) is 6.31. The lowest BCUT2D eigenvalue weighted by molar-refractivity contribution is -0.155. The molecule has 0 aliphatic carbocycles. The van der Waals surface area contributed by atoms with Crippen molar-refractivity contribution in [3.05, 3.63) is 98.9 Å². The van der Waals surface area contributed by atoms with E-state index < -0.39 is 28.9 Å². The molecular weight excluding hydrogens is 549 g/mol. The van der Waals surface area contributed by atoms with Gasteiger partial charge in [-0.25, -0.2) is 14.2 Å². The number of hydrogen-bond acceptors (Lipinski definition) is 5. The van der Waals surface area contributed by atoms with Crippen molar-refractivity contribution in [1.82, 2.24) is 14.1 Å². The number of esters is 1. The Labute approximate surface area is 239 Å². The van der Waals surface area contributed by atoms with Crippen LogP contribution >= 0.6 is 11.6 Å². The van der Waals surface area contributed by atoms with E-state index in [0.717, 1.165) is 5.39 Å². The van der Waals surface area contributed by atoms with Crippen LogP contribution in [0.2, 0.25) is 5.15 Å². The van der Waals surface area contributed by atoms with E-state index in [9.17, 15) is 23.9 Å². The summed E-state index contributed by atoms with van der Waals surface area (Å²) >= 11 is 6.51. The Morgan fingerprint density at radius 3 is 2.54 bits per heavy atom. The number of pyridine rings is 2. The fraction of sp³-hybridized carbons (Fsp3) is 0.226. The summed E-state index contributed by atoms with van der Waals surface area (Å²) in [7, 11) is 0. The smallest absolute Gasteiger partial charge is 0.353 e. The van der Waals surface area contributed by atoms with E-state index in [0.29, 0.717) is 16.5 Å². The van der Waals surface area contributed by atoms with Gasteiger partial charge in [0.15, 0.2) is 0 Å². The van der Waals surface area contributed by atoms with E-state index in [-0.39, 0.29) is 46.1 Å². The molecule has 0 aliphatic heterocycles. The largest absolute Gasteiger partial charge is 0.477 e. The highest BCUT2D eigenvalue weighted by atomic mass is 35.5. The van der Waals surface area contributed by atoms with Crippen molar-refractivity contribution < 1.29 is 23.8 Å². The van der Waals surface area contributed by atoms with Crippen LogP contribution in [0.25, 0.3) is 32.9 Å². The average molecular weight is 576 g/mol. The molecule has 0 saturated carbocycles. The van der Waals surface area contributed by atoms with Crippen LogP contribution in [-0.2, 0) is 22.6 Å². The summed E-state index contributed by atoms with van der Waals surface area (Å²) in [4.78, 5) is 43.4. The fourth-order valence-electron chi connectivity index (χ4n) is 4.92. The number of aryl methyl sites for hydroxylation is 1. The molecular formula is C31H27ClFN3O5. The van der Waals surface area contributed by atoms with E-state index in [1.165, 1.54) is 33.5 Å². The number of ether oxygens (including phenoxy) is 1. The van der Waals surface area contributed by atoms with Crippen LogP contribution in [0.4, 0.5) is 4.39 Å². The lowest BCUT2D eigenvalue weighted by atomic mass is 10.0. The second kappa shape index (κ2) is 10.5. The van der Waals surface area contributed by atoms with Crippen molar-refractivity contribution in [2.45, 2.75) is 46.4 Å². The predicted octanol–water partition coefficient (Wildman–Crippen LogP) is 6.21. The van der Waals surface area contributed by atoms with Gasteiger partial charge >= 0.3 is 11.9 Å². The molecule has 3 heterocycles. The standard InChI is InChI=1S/C31H27ClFN3O5/c1-17-12-21-24(14-22(17)33)36(15-19-13-18-8-5-6-10-23(18)34-28(19)32)27(30(39)40)26(21)20-9-7-11-35(29(20)38)16-25(37)41-31(2,3)4/h5-14H,15-16H2,1-4H3,(H,39,40). The van der Waals surface area contributed by atoms with Crippen molar-refractivity contribution in [2.24, 2.45) is 0 Å². The lowest BCUT2D eigenvalue weighted by Crippen LogP contribution is -2.30. The number of para-hydroxylation sites is 1. The van der Waals surface area contributed by atoms with Crippen LogP contribution in [0.15, 0.2) is 65.6 Å². The number of nitrogens with zero attached hydrogens (tertiary/aromatic N) is 3. The second-order valence-electron chi connectivity index (χ2n) is 10.8. The van der Waals surface area contributed by atoms with Crippen LogP contribution in [0, 0.1) is 12.7 Å². The summed E-state index contributed by atoms with van der Waals surface area (Å²) in [6, 6.07) is 15.0. The maximum atomic E-state index is 14.9. The molecule has 5 aromatic rings. The minimum atomic E-state index is -1.32. The fourth-order valence-corrected chi connectivity index (χ4v) is 5.12. The first-order valence-electron chi connectivity index (χ1n) is 12.9.